The number of hydrogen-bond donors (Lipinski definition) is 5. The molecule has 2 heterocycles. The van der Waals surface area contributed by atoms with Gasteiger partial charge in [0, 0.05) is 11.5 Å². The van der Waals surface area contributed by atoms with Crippen LogP contribution in [0.2, 0.25) is 0 Å². The fourth-order valence-corrected chi connectivity index (χ4v) is 2.73. The molecule has 3 rings (SSSR count). The number of carbonyl (C=O) groups is 1. The molecule has 10 nitrogen and oxygen atoms in total. The summed E-state index contributed by atoms with van der Waals surface area (Å²) in [5.74, 6) is -2.42. The minimum atomic E-state index is -1.89. The average molecular weight is 368 g/mol. The molecule has 0 radical (unpaired) electrons. The van der Waals surface area contributed by atoms with Crippen LogP contribution >= 0.6 is 0 Å². The Hall–Kier alpha value is -2.66. The van der Waals surface area contributed by atoms with Gasteiger partial charge in [0.15, 0.2) is 17.4 Å². The van der Waals surface area contributed by atoms with Gasteiger partial charge in [0.1, 0.15) is 18.3 Å². The number of aromatic hydroxyl groups is 1. The van der Waals surface area contributed by atoms with Gasteiger partial charge in [-0.05, 0) is 24.6 Å². The summed E-state index contributed by atoms with van der Waals surface area (Å²) in [6, 6.07) is 3.96. The van der Waals surface area contributed by atoms with Crippen LogP contribution in [0, 0.1) is 6.92 Å². The number of ether oxygens (including phenoxy) is 2. The van der Waals surface area contributed by atoms with Crippen molar-refractivity contribution in [1.82, 2.24) is 0 Å². The SMILES string of the molecule is Cc1cc(=O)oc2c(OC3O[C@H](C(=O)O)[C@@H](O)[C@H](O)[C@H]3O)c(O)ccc12. The zero-order chi connectivity index (χ0) is 19.2. The van der Waals surface area contributed by atoms with Crippen molar-refractivity contribution in [3.8, 4) is 11.5 Å². The van der Waals surface area contributed by atoms with Crippen LogP contribution in [0.15, 0.2) is 27.4 Å². The molecule has 2 aromatic rings. The van der Waals surface area contributed by atoms with Crippen LogP contribution in [0.4, 0.5) is 0 Å². The molecule has 1 aromatic heterocycles. The predicted molar refractivity (Wildman–Crippen MR) is 83.8 cm³/mol. The molecule has 10 heteroatoms. The Morgan fingerprint density at radius 1 is 1.15 bits per heavy atom. The lowest BCUT2D eigenvalue weighted by molar-refractivity contribution is -0.271. The smallest absolute Gasteiger partial charge is 0.336 e. The average Bonchev–Trinajstić information content (AvgIpc) is 2.56. The molecular formula is C16H16O10. The quantitative estimate of drug-likeness (QED) is 0.427. The first-order valence-corrected chi connectivity index (χ1v) is 7.56. The molecule has 0 aliphatic carbocycles. The number of fused-ring (bicyclic) bond motifs is 1. The Morgan fingerprint density at radius 3 is 2.50 bits per heavy atom. The number of aliphatic hydroxyl groups excluding tert-OH is 3. The summed E-state index contributed by atoms with van der Waals surface area (Å²) in [5.41, 5.74) is -0.321. The summed E-state index contributed by atoms with van der Waals surface area (Å²) in [6.45, 7) is 1.63. The van der Waals surface area contributed by atoms with Crippen LogP contribution in [0.25, 0.3) is 11.0 Å². The third-order valence-corrected chi connectivity index (χ3v) is 4.10. The van der Waals surface area contributed by atoms with Gasteiger partial charge in [-0.25, -0.2) is 9.59 Å². The highest BCUT2D eigenvalue weighted by Gasteiger charge is 2.48. The van der Waals surface area contributed by atoms with E-state index in [0.717, 1.165) is 0 Å². The van der Waals surface area contributed by atoms with Crippen LogP contribution in [-0.2, 0) is 9.53 Å². The molecule has 5 atom stereocenters. The lowest BCUT2D eigenvalue weighted by atomic mass is 9.99. The van der Waals surface area contributed by atoms with Gasteiger partial charge in [0.25, 0.3) is 0 Å². The van der Waals surface area contributed by atoms with E-state index in [0.29, 0.717) is 10.9 Å². The normalized spacial score (nSPS) is 28.8. The van der Waals surface area contributed by atoms with Crippen molar-refractivity contribution >= 4 is 16.9 Å². The molecular weight excluding hydrogens is 352 g/mol. The summed E-state index contributed by atoms with van der Waals surface area (Å²) in [7, 11) is 0. The molecule has 0 spiro atoms. The summed E-state index contributed by atoms with van der Waals surface area (Å²) in [5, 5.41) is 49.0. The minimum Gasteiger partial charge on any atom is -0.504 e. The number of hydrogen-bond acceptors (Lipinski definition) is 9. The molecule has 26 heavy (non-hydrogen) atoms. The number of carboxylic acids is 1. The number of rotatable bonds is 3. The van der Waals surface area contributed by atoms with E-state index in [1.165, 1.54) is 18.2 Å². The fraction of sp³-hybridized carbons (Fsp3) is 0.375. The van der Waals surface area contributed by atoms with Crippen molar-refractivity contribution in [2.75, 3.05) is 0 Å². The largest absolute Gasteiger partial charge is 0.504 e. The van der Waals surface area contributed by atoms with Crippen molar-refractivity contribution in [3.05, 3.63) is 34.2 Å². The molecule has 0 amide bonds. The number of carboxylic acid groups (broad SMARTS) is 1. The van der Waals surface area contributed by atoms with Crippen molar-refractivity contribution in [1.29, 1.82) is 0 Å². The third-order valence-electron chi connectivity index (χ3n) is 4.10. The van der Waals surface area contributed by atoms with Gasteiger partial charge in [0.05, 0.1) is 0 Å². The second-order valence-corrected chi connectivity index (χ2v) is 5.89. The zero-order valence-electron chi connectivity index (χ0n) is 13.4. The van der Waals surface area contributed by atoms with E-state index in [9.17, 15) is 30.0 Å². The molecule has 5 N–H and O–H groups in total. The number of phenolic OH excluding ortho intramolecular Hbond substituents is 1. The lowest BCUT2D eigenvalue weighted by Gasteiger charge is -2.38. The molecule has 1 unspecified atom stereocenters. The molecule has 1 saturated heterocycles. The van der Waals surface area contributed by atoms with E-state index in [-0.39, 0.29) is 11.3 Å². The third kappa shape index (κ3) is 2.99. The Labute approximate surface area is 145 Å². The van der Waals surface area contributed by atoms with E-state index in [4.69, 9.17) is 19.0 Å². The second kappa shape index (κ2) is 6.57. The predicted octanol–water partition coefficient (Wildman–Crippen LogP) is -0.922. The highest BCUT2D eigenvalue weighted by Crippen LogP contribution is 2.37. The fourth-order valence-electron chi connectivity index (χ4n) is 2.73. The highest BCUT2D eigenvalue weighted by atomic mass is 16.7. The van der Waals surface area contributed by atoms with Gasteiger partial charge < -0.3 is 39.4 Å². The Kier molecular flexibility index (Phi) is 4.59. The topological polar surface area (TPSA) is 167 Å². The monoisotopic (exact) mass is 368 g/mol. The van der Waals surface area contributed by atoms with Gasteiger partial charge in [-0.3, -0.25) is 0 Å². The van der Waals surface area contributed by atoms with Gasteiger partial charge in [-0.2, -0.15) is 0 Å². The van der Waals surface area contributed by atoms with Crippen molar-refractivity contribution in [2.45, 2.75) is 37.6 Å². The number of aliphatic carboxylic acids is 1. The highest BCUT2D eigenvalue weighted by molar-refractivity contribution is 5.87. The van der Waals surface area contributed by atoms with Crippen LogP contribution in [-0.4, -0.2) is 62.2 Å². The first kappa shape index (κ1) is 18.1. The number of aliphatic hydroxyl groups is 3. The van der Waals surface area contributed by atoms with E-state index in [2.05, 4.69) is 0 Å². The van der Waals surface area contributed by atoms with Crippen LogP contribution in [0.1, 0.15) is 5.56 Å². The molecule has 1 aromatic carbocycles. The van der Waals surface area contributed by atoms with Gasteiger partial charge >= 0.3 is 11.6 Å². The minimum absolute atomic E-state index is 0.140. The van der Waals surface area contributed by atoms with Gasteiger partial charge in [-0.15, -0.1) is 0 Å². The molecule has 1 fully saturated rings. The van der Waals surface area contributed by atoms with Crippen molar-refractivity contribution < 1.29 is 44.2 Å². The molecule has 1 aliphatic heterocycles. The summed E-state index contributed by atoms with van der Waals surface area (Å²) >= 11 is 0. The number of phenols is 1. The Balaban J connectivity index is 2.04. The van der Waals surface area contributed by atoms with Crippen LogP contribution in [0.3, 0.4) is 0 Å². The second-order valence-electron chi connectivity index (χ2n) is 5.89. The maximum absolute atomic E-state index is 11.6. The molecule has 140 valence electrons. The van der Waals surface area contributed by atoms with E-state index >= 15 is 0 Å². The van der Waals surface area contributed by atoms with E-state index in [1.807, 2.05) is 0 Å². The van der Waals surface area contributed by atoms with Crippen molar-refractivity contribution in [3.63, 3.8) is 0 Å². The number of aryl methyl sites for hydroxylation is 1. The zero-order valence-corrected chi connectivity index (χ0v) is 13.4. The van der Waals surface area contributed by atoms with Crippen LogP contribution < -0.4 is 10.4 Å². The van der Waals surface area contributed by atoms with E-state index < -0.39 is 48.1 Å². The van der Waals surface area contributed by atoms with Crippen molar-refractivity contribution in [2.24, 2.45) is 0 Å². The maximum Gasteiger partial charge on any atom is 0.336 e. The molecule has 0 bridgehead atoms. The van der Waals surface area contributed by atoms with Crippen LogP contribution in [0.5, 0.6) is 11.5 Å². The Bertz CT molecular complexity index is 904. The maximum atomic E-state index is 11.6. The first-order valence-electron chi connectivity index (χ1n) is 7.56. The summed E-state index contributed by atoms with van der Waals surface area (Å²) in [6.07, 6.45) is -9.21. The lowest BCUT2D eigenvalue weighted by Crippen LogP contribution is -2.61. The summed E-state index contributed by atoms with van der Waals surface area (Å²) in [4.78, 5) is 22.8. The first-order chi connectivity index (χ1) is 12.2. The van der Waals surface area contributed by atoms with Gasteiger partial charge in [0.2, 0.25) is 12.0 Å². The molecule has 1 aliphatic rings. The van der Waals surface area contributed by atoms with E-state index in [1.54, 1.807) is 6.92 Å². The molecule has 0 saturated carbocycles. The number of benzene rings is 1. The summed E-state index contributed by atoms with van der Waals surface area (Å²) < 4.78 is 15.4. The Morgan fingerprint density at radius 2 is 1.85 bits per heavy atom. The van der Waals surface area contributed by atoms with Gasteiger partial charge in [-0.1, -0.05) is 0 Å². The standard InChI is InChI=1S/C16H16O10/c1-5-4-8(18)24-12-6(5)2-3-7(17)13(12)25-16-11(21)9(19)10(20)14(26-16)15(22)23/h2-4,9-11,14,16-17,19-21H,1H3,(H,22,23)/t9-,10-,11+,14-,16?/m0/s1.